The third-order valence-electron chi connectivity index (χ3n) is 3.02. The van der Waals surface area contributed by atoms with E-state index in [-0.39, 0.29) is 0 Å². The van der Waals surface area contributed by atoms with Gasteiger partial charge in [-0.3, -0.25) is 4.98 Å². The fourth-order valence-corrected chi connectivity index (χ4v) is 1.98. The maximum absolute atomic E-state index is 4.54. The highest BCUT2D eigenvalue weighted by molar-refractivity contribution is 5.22. The molecule has 1 unspecified atom stereocenters. The molecule has 1 rings (SSSR count). The van der Waals surface area contributed by atoms with Crippen LogP contribution in [0.1, 0.15) is 50.9 Å². The van der Waals surface area contributed by atoms with E-state index in [1.54, 1.807) is 0 Å². The summed E-state index contributed by atoms with van der Waals surface area (Å²) in [4.78, 5) is 4.54. The van der Waals surface area contributed by atoms with Crippen molar-refractivity contribution >= 4 is 0 Å². The average Bonchev–Trinajstić information content (AvgIpc) is 2.30. The SMILES string of the molecule is CCc1cccnc1C(CCC(C)C)NC. The van der Waals surface area contributed by atoms with E-state index >= 15 is 0 Å². The Bertz CT molecular complexity index is 307. The predicted octanol–water partition coefficient (Wildman–Crippen LogP) is 3.34. The molecule has 2 nitrogen and oxygen atoms in total. The van der Waals surface area contributed by atoms with Crippen LogP contribution in [0.4, 0.5) is 0 Å². The highest BCUT2D eigenvalue weighted by atomic mass is 14.9. The molecular formula is C14H24N2. The fourth-order valence-electron chi connectivity index (χ4n) is 1.98. The largest absolute Gasteiger partial charge is 0.312 e. The summed E-state index contributed by atoms with van der Waals surface area (Å²) in [6, 6.07) is 4.61. The minimum atomic E-state index is 0.401. The lowest BCUT2D eigenvalue weighted by molar-refractivity contribution is 0.456. The smallest absolute Gasteiger partial charge is 0.0604 e. The maximum atomic E-state index is 4.54. The fraction of sp³-hybridized carbons (Fsp3) is 0.643. The molecule has 1 atom stereocenters. The Kier molecular flexibility index (Phi) is 5.47. The number of nitrogens with one attached hydrogen (secondary N) is 1. The van der Waals surface area contributed by atoms with E-state index in [1.807, 2.05) is 19.3 Å². The molecule has 16 heavy (non-hydrogen) atoms. The summed E-state index contributed by atoms with van der Waals surface area (Å²) in [6.07, 6.45) is 5.36. The maximum Gasteiger partial charge on any atom is 0.0604 e. The lowest BCUT2D eigenvalue weighted by Crippen LogP contribution is -2.19. The third kappa shape index (κ3) is 3.60. The first-order valence-corrected chi connectivity index (χ1v) is 6.30. The number of nitrogens with zero attached hydrogens (tertiary/aromatic N) is 1. The lowest BCUT2D eigenvalue weighted by Gasteiger charge is -2.19. The number of aryl methyl sites for hydroxylation is 1. The van der Waals surface area contributed by atoms with Gasteiger partial charge in [-0.2, -0.15) is 0 Å². The van der Waals surface area contributed by atoms with Gasteiger partial charge in [-0.1, -0.05) is 26.8 Å². The van der Waals surface area contributed by atoms with E-state index < -0.39 is 0 Å². The van der Waals surface area contributed by atoms with Crippen molar-refractivity contribution in [3.05, 3.63) is 29.6 Å². The van der Waals surface area contributed by atoms with E-state index in [4.69, 9.17) is 0 Å². The van der Waals surface area contributed by atoms with Crippen LogP contribution >= 0.6 is 0 Å². The Morgan fingerprint density at radius 2 is 2.06 bits per heavy atom. The first-order valence-electron chi connectivity index (χ1n) is 6.30. The summed E-state index contributed by atoms with van der Waals surface area (Å²) in [7, 11) is 2.03. The average molecular weight is 220 g/mol. The van der Waals surface area contributed by atoms with Crippen LogP contribution in [0.2, 0.25) is 0 Å². The van der Waals surface area contributed by atoms with Crippen LogP contribution in [0, 0.1) is 5.92 Å². The number of rotatable bonds is 6. The van der Waals surface area contributed by atoms with Crippen LogP contribution in [-0.4, -0.2) is 12.0 Å². The number of hydrogen-bond donors (Lipinski definition) is 1. The highest BCUT2D eigenvalue weighted by Crippen LogP contribution is 2.22. The second-order valence-electron chi connectivity index (χ2n) is 4.71. The standard InChI is InChI=1S/C14H24N2/c1-5-12-7-6-10-16-14(12)13(15-4)9-8-11(2)3/h6-7,10-11,13,15H,5,8-9H2,1-4H3. The zero-order valence-electron chi connectivity index (χ0n) is 11.0. The zero-order valence-corrected chi connectivity index (χ0v) is 11.0. The molecule has 1 heterocycles. The van der Waals surface area contributed by atoms with Crippen molar-refractivity contribution in [2.75, 3.05) is 7.05 Å². The van der Waals surface area contributed by atoms with E-state index in [0.717, 1.165) is 18.8 Å². The topological polar surface area (TPSA) is 24.9 Å². The Labute approximate surface area is 99.5 Å². The molecule has 0 bridgehead atoms. The molecule has 0 aliphatic heterocycles. The molecule has 0 aliphatic carbocycles. The van der Waals surface area contributed by atoms with Crippen molar-refractivity contribution in [1.82, 2.24) is 10.3 Å². The molecule has 90 valence electrons. The van der Waals surface area contributed by atoms with Gasteiger partial charge in [0.15, 0.2) is 0 Å². The summed E-state index contributed by atoms with van der Waals surface area (Å²) in [5.74, 6) is 0.754. The minimum absolute atomic E-state index is 0.401. The molecule has 0 saturated heterocycles. The molecule has 0 spiro atoms. The Hall–Kier alpha value is -0.890. The van der Waals surface area contributed by atoms with Crippen LogP contribution < -0.4 is 5.32 Å². The molecule has 1 aromatic rings. The van der Waals surface area contributed by atoms with Gasteiger partial charge in [-0.25, -0.2) is 0 Å². The Morgan fingerprint density at radius 3 is 2.62 bits per heavy atom. The number of hydrogen-bond acceptors (Lipinski definition) is 2. The van der Waals surface area contributed by atoms with Crippen LogP contribution in [0.25, 0.3) is 0 Å². The molecule has 1 N–H and O–H groups in total. The van der Waals surface area contributed by atoms with E-state index in [0.29, 0.717) is 6.04 Å². The normalized spacial score (nSPS) is 13.1. The van der Waals surface area contributed by atoms with E-state index in [9.17, 15) is 0 Å². The van der Waals surface area contributed by atoms with Gasteiger partial charge in [0.25, 0.3) is 0 Å². The first-order chi connectivity index (χ1) is 7.69. The van der Waals surface area contributed by atoms with Crippen molar-refractivity contribution in [2.45, 2.75) is 46.1 Å². The Balaban J connectivity index is 2.77. The number of aromatic nitrogens is 1. The molecule has 0 aromatic carbocycles. The van der Waals surface area contributed by atoms with Gasteiger partial charge < -0.3 is 5.32 Å². The van der Waals surface area contributed by atoms with Gasteiger partial charge in [0, 0.05) is 12.2 Å². The molecule has 0 aliphatic rings. The molecule has 0 amide bonds. The molecular weight excluding hydrogens is 196 g/mol. The van der Waals surface area contributed by atoms with Crippen molar-refractivity contribution in [3.8, 4) is 0 Å². The monoisotopic (exact) mass is 220 g/mol. The van der Waals surface area contributed by atoms with E-state index in [2.05, 4.69) is 37.1 Å². The summed E-state index contributed by atoms with van der Waals surface area (Å²) >= 11 is 0. The van der Waals surface area contributed by atoms with Crippen LogP contribution in [0.15, 0.2) is 18.3 Å². The van der Waals surface area contributed by atoms with Crippen molar-refractivity contribution < 1.29 is 0 Å². The van der Waals surface area contributed by atoms with Crippen molar-refractivity contribution in [3.63, 3.8) is 0 Å². The summed E-state index contributed by atoms with van der Waals surface area (Å²) in [6.45, 7) is 6.73. The van der Waals surface area contributed by atoms with E-state index in [1.165, 1.54) is 17.7 Å². The summed E-state index contributed by atoms with van der Waals surface area (Å²) in [5.41, 5.74) is 2.60. The molecule has 2 heteroatoms. The predicted molar refractivity (Wildman–Crippen MR) is 69.5 cm³/mol. The van der Waals surface area contributed by atoms with Crippen LogP contribution in [-0.2, 0) is 6.42 Å². The van der Waals surface area contributed by atoms with Crippen molar-refractivity contribution in [1.29, 1.82) is 0 Å². The third-order valence-corrected chi connectivity index (χ3v) is 3.02. The van der Waals surface area contributed by atoms with Crippen LogP contribution in [0.3, 0.4) is 0 Å². The van der Waals surface area contributed by atoms with Gasteiger partial charge >= 0.3 is 0 Å². The van der Waals surface area contributed by atoms with Crippen molar-refractivity contribution in [2.24, 2.45) is 5.92 Å². The van der Waals surface area contributed by atoms with Gasteiger partial charge in [-0.15, -0.1) is 0 Å². The second kappa shape index (κ2) is 6.64. The molecule has 0 radical (unpaired) electrons. The first kappa shape index (κ1) is 13.2. The van der Waals surface area contributed by atoms with Gasteiger partial charge in [0.1, 0.15) is 0 Å². The minimum Gasteiger partial charge on any atom is -0.312 e. The van der Waals surface area contributed by atoms with Crippen LogP contribution in [0.5, 0.6) is 0 Å². The molecule has 0 saturated carbocycles. The molecule has 1 aromatic heterocycles. The quantitative estimate of drug-likeness (QED) is 0.795. The van der Waals surface area contributed by atoms with Gasteiger partial charge in [0.05, 0.1) is 5.69 Å². The Morgan fingerprint density at radius 1 is 1.31 bits per heavy atom. The zero-order chi connectivity index (χ0) is 12.0. The van der Waals surface area contributed by atoms with Gasteiger partial charge in [0.2, 0.25) is 0 Å². The second-order valence-corrected chi connectivity index (χ2v) is 4.71. The highest BCUT2D eigenvalue weighted by Gasteiger charge is 2.14. The molecule has 0 fully saturated rings. The summed E-state index contributed by atoms with van der Waals surface area (Å²) < 4.78 is 0. The summed E-state index contributed by atoms with van der Waals surface area (Å²) in [5, 5.41) is 3.39. The van der Waals surface area contributed by atoms with Gasteiger partial charge in [-0.05, 0) is 43.9 Å². The lowest BCUT2D eigenvalue weighted by atomic mass is 9.97. The number of pyridine rings is 1.